The van der Waals surface area contributed by atoms with Crippen LogP contribution in [0.5, 0.6) is 0 Å². The average molecular weight is 200 g/mol. The van der Waals surface area contributed by atoms with E-state index in [1.54, 1.807) is 0 Å². The van der Waals surface area contributed by atoms with Crippen LogP contribution in [0.25, 0.3) is 0 Å². The van der Waals surface area contributed by atoms with E-state index in [9.17, 15) is 0 Å². The highest BCUT2D eigenvalue weighted by Crippen LogP contribution is 2.36. The molecule has 88 valence electrons. The zero-order valence-electron chi connectivity index (χ0n) is 11.6. The van der Waals surface area contributed by atoms with E-state index < -0.39 is 0 Å². The Morgan fingerprint density at radius 3 is 1.43 bits per heavy atom. The molecule has 0 unspecified atom stereocenters. The van der Waals surface area contributed by atoms with Crippen LogP contribution >= 0.6 is 0 Å². The van der Waals surface area contributed by atoms with E-state index in [1.807, 2.05) is 13.8 Å². The molecule has 0 aliphatic rings. The second-order valence-electron chi connectivity index (χ2n) is 4.62. The van der Waals surface area contributed by atoms with Crippen LogP contribution in [0.4, 0.5) is 0 Å². The van der Waals surface area contributed by atoms with E-state index in [4.69, 9.17) is 0 Å². The van der Waals surface area contributed by atoms with E-state index in [2.05, 4.69) is 34.6 Å². The van der Waals surface area contributed by atoms with E-state index in [0.29, 0.717) is 5.41 Å². The molecule has 0 spiro atoms. The quantitative estimate of drug-likeness (QED) is 0.518. The van der Waals surface area contributed by atoms with Gasteiger partial charge in [0, 0.05) is 0 Å². The minimum atomic E-state index is 0.562. The van der Waals surface area contributed by atoms with Crippen LogP contribution in [0, 0.1) is 11.3 Å². The summed E-state index contributed by atoms with van der Waals surface area (Å²) in [6.45, 7) is 15.8. The first-order valence-electron chi connectivity index (χ1n) is 6.58. The van der Waals surface area contributed by atoms with Gasteiger partial charge in [-0.15, -0.1) is 0 Å². The maximum Gasteiger partial charge on any atom is -0.0329 e. The predicted octanol–water partition coefficient (Wildman–Crippen LogP) is 5.67. The van der Waals surface area contributed by atoms with Crippen LogP contribution in [0.1, 0.15) is 80.6 Å². The van der Waals surface area contributed by atoms with Crippen molar-refractivity contribution in [2.24, 2.45) is 11.3 Å². The normalized spacial score (nSPS) is 11.1. The van der Waals surface area contributed by atoms with Gasteiger partial charge in [-0.3, -0.25) is 0 Å². The molecule has 0 aromatic carbocycles. The molecule has 14 heavy (non-hydrogen) atoms. The molecule has 0 fully saturated rings. The molecule has 0 atom stereocenters. The third-order valence-corrected chi connectivity index (χ3v) is 3.29. The first-order valence-corrected chi connectivity index (χ1v) is 6.58. The molecule has 0 saturated carbocycles. The molecule has 0 aliphatic heterocycles. The smallest absolute Gasteiger partial charge is 0.0329 e. The first kappa shape index (κ1) is 16.4. The minimum Gasteiger partial charge on any atom is -0.0683 e. The van der Waals surface area contributed by atoms with Gasteiger partial charge in [0.15, 0.2) is 0 Å². The molecule has 0 amide bonds. The van der Waals surface area contributed by atoms with Gasteiger partial charge in [0.05, 0.1) is 0 Å². The van der Waals surface area contributed by atoms with Crippen molar-refractivity contribution in [2.75, 3.05) is 0 Å². The van der Waals surface area contributed by atoms with Crippen molar-refractivity contribution >= 4 is 0 Å². The highest BCUT2D eigenvalue weighted by molar-refractivity contribution is 4.76. The highest BCUT2D eigenvalue weighted by Gasteiger charge is 2.25. The molecule has 0 saturated heterocycles. The Kier molecular flexibility index (Phi) is 11.2. The second kappa shape index (κ2) is 9.55. The van der Waals surface area contributed by atoms with Gasteiger partial charge in [-0.25, -0.2) is 0 Å². The van der Waals surface area contributed by atoms with Crippen molar-refractivity contribution in [1.29, 1.82) is 0 Å². The third-order valence-electron chi connectivity index (χ3n) is 3.29. The van der Waals surface area contributed by atoms with Crippen molar-refractivity contribution in [2.45, 2.75) is 80.6 Å². The number of hydrogen-bond acceptors (Lipinski definition) is 0. The molecule has 0 aromatic heterocycles. The monoisotopic (exact) mass is 200 g/mol. The fourth-order valence-corrected chi connectivity index (χ4v) is 1.91. The number of hydrogen-bond donors (Lipinski definition) is 0. The van der Waals surface area contributed by atoms with Gasteiger partial charge in [0.25, 0.3) is 0 Å². The molecular formula is C14H32. The topological polar surface area (TPSA) is 0 Å². The van der Waals surface area contributed by atoms with E-state index in [1.165, 1.54) is 32.1 Å². The van der Waals surface area contributed by atoms with Crippen molar-refractivity contribution in [3.05, 3.63) is 0 Å². The van der Waals surface area contributed by atoms with E-state index >= 15 is 0 Å². The summed E-state index contributed by atoms with van der Waals surface area (Å²) in [5.41, 5.74) is 0.562. The zero-order chi connectivity index (χ0) is 11.6. The molecule has 0 radical (unpaired) electrons. The Morgan fingerprint density at radius 2 is 1.21 bits per heavy atom. The summed E-state index contributed by atoms with van der Waals surface area (Å²) in [5, 5.41) is 0. The Labute approximate surface area is 92.5 Å². The van der Waals surface area contributed by atoms with Crippen LogP contribution < -0.4 is 0 Å². The third kappa shape index (κ3) is 6.45. The van der Waals surface area contributed by atoms with Gasteiger partial charge in [0.2, 0.25) is 0 Å². The Balaban J connectivity index is 0. The second-order valence-corrected chi connectivity index (χ2v) is 4.62. The fraction of sp³-hybridized carbons (Fsp3) is 1.00. The van der Waals surface area contributed by atoms with E-state index in [0.717, 1.165) is 5.92 Å². The lowest BCUT2D eigenvalue weighted by Gasteiger charge is -2.33. The summed E-state index contributed by atoms with van der Waals surface area (Å²) < 4.78 is 0. The van der Waals surface area contributed by atoms with Gasteiger partial charge < -0.3 is 0 Å². The Hall–Kier alpha value is 0. The largest absolute Gasteiger partial charge is 0.0683 e. The first-order chi connectivity index (χ1) is 6.58. The number of rotatable bonds is 6. The van der Waals surface area contributed by atoms with Crippen LogP contribution in [0.2, 0.25) is 0 Å². The minimum absolute atomic E-state index is 0.562. The highest BCUT2D eigenvalue weighted by atomic mass is 14.3. The lowest BCUT2D eigenvalue weighted by molar-refractivity contribution is 0.177. The molecular weight excluding hydrogens is 168 g/mol. The molecule has 0 aromatic rings. The Morgan fingerprint density at radius 1 is 0.857 bits per heavy atom. The van der Waals surface area contributed by atoms with Crippen LogP contribution in [0.15, 0.2) is 0 Å². The van der Waals surface area contributed by atoms with Crippen LogP contribution in [-0.2, 0) is 0 Å². The van der Waals surface area contributed by atoms with Crippen LogP contribution in [0.3, 0.4) is 0 Å². The SMILES string of the molecule is CC.CCCC(CCC)C(C)(C)CC. The maximum absolute atomic E-state index is 2.42. The standard InChI is InChI=1S/C12H26.C2H6/c1-6-9-11(10-7-2)12(4,5)8-3;1-2/h11H,6-10H2,1-5H3;1-2H3. The molecule has 0 aliphatic carbocycles. The Bertz CT molecular complexity index is 96.6. The molecule has 0 rings (SSSR count). The molecule has 0 nitrogen and oxygen atoms in total. The van der Waals surface area contributed by atoms with Gasteiger partial charge in [-0.05, 0) is 11.3 Å². The van der Waals surface area contributed by atoms with Crippen molar-refractivity contribution in [1.82, 2.24) is 0 Å². The summed E-state index contributed by atoms with van der Waals surface area (Å²) in [5.74, 6) is 0.942. The lowest BCUT2D eigenvalue weighted by Crippen LogP contribution is -2.23. The van der Waals surface area contributed by atoms with Crippen molar-refractivity contribution in [3.8, 4) is 0 Å². The van der Waals surface area contributed by atoms with Crippen LogP contribution in [-0.4, -0.2) is 0 Å². The maximum atomic E-state index is 2.42. The summed E-state index contributed by atoms with van der Waals surface area (Å²) in [6.07, 6.45) is 6.82. The summed E-state index contributed by atoms with van der Waals surface area (Å²) in [6, 6.07) is 0. The lowest BCUT2D eigenvalue weighted by atomic mass is 9.72. The molecule has 0 bridgehead atoms. The molecule has 0 N–H and O–H groups in total. The molecule has 0 heterocycles. The summed E-state index contributed by atoms with van der Waals surface area (Å²) in [7, 11) is 0. The summed E-state index contributed by atoms with van der Waals surface area (Å²) in [4.78, 5) is 0. The van der Waals surface area contributed by atoms with Gasteiger partial charge >= 0.3 is 0 Å². The summed E-state index contributed by atoms with van der Waals surface area (Å²) >= 11 is 0. The van der Waals surface area contributed by atoms with Crippen molar-refractivity contribution in [3.63, 3.8) is 0 Å². The zero-order valence-corrected chi connectivity index (χ0v) is 11.6. The fourth-order valence-electron chi connectivity index (χ4n) is 1.91. The van der Waals surface area contributed by atoms with Gasteiger partial charge in [0.1, 0.15) is 0 Å². The predicted molar refractivity (Wildman–Crippen MR) is 68.7 cm³/mol. The van der Waals surface area contributed by atoms with Gasteiger partial charge in [-0.1, -0.05) is 80.6 Å². The van der Waals surface area contributed by atoms with Crippen molar-refractivity contribution < 1.29 is 0 Å². The van der Waals surface area contributed by atoms with E-state index in [-0.39, 0.29) is 0 Å². The molecule has 0 heteroatoms. The van der Waals surface area contributed by atoms with Gasteiger partial charge in [-0.2, -0.15) is 0 Å². The average Bonchev–Trinajstić information content (AvgIpc) is 2.20.